The Morgan fingerprint density at radius 1 is 1.03 bits per heavy atom. The maximum absolute atomic E-state index is 13.3. The fourth-order valence-corrected chi connectivity index (χ4v) is 5.28. The number of fused-ring (bicyclic) bond motifs is 1. The van der Waals surface area contributed by atoms with E-state index in [1.54, 1.807) is 54.6 Å². The Balaban J connectivity index is 1.54. The van der Waals surface area contributed by atoms with Gasteiger partial charge in [-0.15, -0.1) is 0 Å². The first kappa shape index (κ1) is 23.3. The summed E-state index contributed by atoms with van der Waals surface area (Å²) in [5, 5.41) is 3.97. The second kappa shape index (κ2) is 9.94. The van der Waals surface area contributed by atoms with Crippen LogP contribution in [-0.4, -0.2) is 33.9 Å². The molecule has 0 atom stereocenters. The van der Waals surface area contributed by atoms with Crippen molar-refractivity contribution in [1.82, 2.24) is 5.43 Å². The molecule has 0 fully saturated rings. The lowest BCUT2D eigenvalue weighted by Gasteiger charge is -2.23. The Morgan fingerprint density at radius 2 is 1.76 bits per heavy atom. The Bertz CT molecular complexity index is 1320. The first-order valence-electron chi connectivity index (χ1n) is 9.59. The van der Waals surface area contributed by atoms with Gasteiger partial charge in [-0.2, -0.15) is 5.10 Å². The Hall–Kier alpha value is -2.89. The smallest absolute Gasteiger partial charge is 0.264 e. The second-order valence-electron chi connectivity index (χ2n) is 6.82. The van der Waals surface area contributed by atoms with E-state index in [1.807, 2.05) is 0 Å². The van der Waals surface area contributed by atoms with E-state index in [0.29, 0.717) is 31.7 Å². The van der Waals surface area contributed by atoms with Crippen molar-refractivity contribution in [3.63, 3.8) is 0 Å². The molecule has 0 aromatic heterocycles. The van der Waals surface area contributed by atoms with Gasteiger partial charge in [0.25, 0.3) is 15.9 Å². The monoisotopic (exact) mass is 593 g/mol. The highest BCUT2D eigenvalue weighted by Gasteiger charge is 2.27. The second-order valence-corrected chi connectivity index (χ2v) is 10.5. The van der Waals surface area contributed by atoms with E-state index in [1.165, 1.54) is 18.3 Å². The van der Waals surface area contributed by atoms with Gasteiger partial charge in [-0.3, -0.25) is 9.10 Å². The van der Waals surface area contributed by atoms with E-state index < -0.39 is 22.5 Å². The third-order valence-corrected chi connectivity index (χ3v) is 7.57. The molecular weight excluding hydrogens is 578 g/mol. The zero-order valence-corrected chi connectivity index (χ0v) is 20.9. The van der Waals surface area contributed by atoms with E-state index >= 15 is 0 Å². The normalized spacial score (nSPS) is 12.7. The Kier molecular flexibility index (Phi) is 7.01. The molecule has 1 heterocycles. The molecule has 1 aliphatic heterocycles. The molecule has 0 saturated heterocycles. The van der Waals surface area contributed by atoms with Gasteiger partial charge >= 0.3 is 0 Å². The van der Waals surface area contributed by atoms with Crippen LogP contribution in [0.4, 0.5) is 5.69 Å². The average Bonchev–Trinajstić information content (AvgIpc) is 3.25. The predicted octanol–water partition coefficient (Wildman–Crippen LogP) is 4.29. The molecule has 11 heteroatoms. The van der Waals surface area contributed by atoms with Gasteiger partial charge in [-0.25, -0.2) is 13.8 Å². The number of nitrogens with zero attached hydrogens (tertiary/aromatic N) is 2. The summed E-state index contributed by atoms with van der Waals surface area (Å²) in [5.74, 6) is 0.571. The summed E-state index contributed by atoms with van der Waals surface area (Å²) in [6.45, 7) is -0.326. The van der Waals surface area contributed by atoms with Crippen molar-refractivity contribution in [3.8, 4) is 11.5 Å². The standard InChI is InChI=1S/C22H17Br2N3O5S/c23-16-5-4-6-17(10-16)27(33(29,30)18-7-2-1-3-8-18)13-22(28)26-25-12-15-9-20-21(11-19(15)24)32-14-31-20/h1-12H,13-14H2,(H,26,28)/b25-12-. The van der Waals surface area contributed by atoms with Gasteiger partial charge in [0.1, 0.15) is 6.54 Å². The molecule has 3 aromatic carbocycles. The molecule has 4 rings (SSSR count). The highest BCUT2D eigenvalue weighted by Crippen LogP contribution is 2.36. The summed E-state index contributed by atoms with van der Waals surface area (Å²) in [6.07, 6.45) is 1.43. The summed E-state index contributed by atoms with van der Waals surface area (Å²) < 4.78 is 39.6. The largest absolute Gasteiger partial charge is 0.454 e. The number of carbonyl (C=O) groups is 1. The molecule has 0 bridgehead atoms. The molecule has 3 aromatic rings. The van der Waals surface area contributed by atoms with Gasteiger partial charge in [0, 0.05) is 14.5 Å². The molecule has 8 nitrogen and oxygen atoms in total. The van der Waals surface area contributed by atoms with Gasteiger partial charge in [-0.1, -0.05) is 40.2 Å². The molecule has 0 radical (unpaired) electrons. The van der Waals surface area contributed by atoms with Crippen molar-refractivity contribution in [3.05, 3.63) is 81.2 Å². The van der Waals surface area contributed by atoms with Crippen LogP contribution in [0.1, 0.15) is 5.56 Å². The van der Waals surface area contributed by atoms with E-state index in [4.69, 9.17) is 9.47 Å². The molecule has 0 spiro atoms. The highest BCUT2D eigenvalue weighted by molar-refractivity contribution is 9.10. The van der Waals surface area contributed by atoms with Crippen molar-refractivity contribution >= 4 is 59.7 Å². The molecule has 1 aliphatic rings. The SMILES string of the molecule is O=C(CN(c1cccc(Br)c1)S(=O)(=O)c1ccccc1)N/N=C\c1cc2c(cc1Br)OCO2. The third-order valence-electron chi connectivity index (χ3n) is 4.60. The van der Waals surface area contributed by atoms with Gasteiger partial charge in [-0.05, 0) is 58.4 Å². The third kappa shape index (κ3) is 5.37. The lowest BCUT2D eigenvalue weighted by molar-refractivity contribution is -0.119. The van der Waals surface area contributed by atoms with Gasteiger partial charge < -0.3 is 9.47 Å². The molecule has 0 saturated carbocycles. The minimum atomic E-state index is -3.99. The topological polar surface area (TPSA) is 97.3 Å². The van der Waals surface area contributed by atoms with Crippen LogP contribution in [0, 0.1) is 0 Å². The molecule has 170 valence electrons. The molecule has 1 N–H and O–H groups in total. The van der Waals surface area contributed by atoms with Crippen molar-refractivity contribution in [1.29, 1.82) is 0 Å². The first-order chi connectivity index (χ1) is 15.8. The van der Waals surface area contributed by atoms with Crippen LogP contribution >= 0.6 is 31.9 Å². The summed E-state index contributed by atoms with van der Waals surface area (Å²) in [5.41, 5.74) is 3.38. The maximum Gasteiger partial charge on any atom is 0.264 e. The first-order valence-corrected chi connectivity index (χ1v) is 12.6. The zero-order valence-electron chi connectivity index (χ0n) is 16.9. The van der Waals surface area contributed by atoms with Crippen molar-refractivity contribution in [2.45, 2.75) is 4.90 Å². The number of anilines is 1. The molecule has 0 unspecified atom stereocenters. The maximum atomic E-state index is 13.3. The minimum absolute atomic E-state index is 0.0746. The number of amides is 1. The molecule has 0 aliphatic carbocycles. The van der Waals surface area contributed by atoms with Gasteiger partial charge in [0.05, 0.1) is 16.8 Å². The number of hydrogen-bond donors (Lipinski definition) is 1. The van der Waals surface area contributed by atoms with E-state index in [-0.39, 0.29) is 11.7 Å². The van der Waals surface area contributed by atoms with Crippen molar-refractivity contribution in [2.24, 2.45) is 5.10 Å². The van der Waals surface area contributed by atoms with E-state index in [2.05, 4.69) is 42.4 Å². The minimum Gasteiger partial charge on any atom is -0.454 e. The van der Waals surface area contributed by atoms with Crippen LogP contribution in [0.2, 0.25) is 0 Å². The van der Waals surface area contributed by atoms with Crippen LogP contribution < -0.4 is 19.2 Å². The average molecular weight is 595 g/mol. The zero-order chi connectivity index (χ0) is 23.4. The quantitative estimate of drug-likeness (QED) is 0.325. The van der Waals surface area contributed by atoms with Crippen LogP contribution in [0.15, 0.2) is 85.7 Å². The van der Waals surface area contributed by atoms with Crippen LogP contribution in [0.3, 0.4) is 0 Å². The summed E-state index contributed by atoms with van der Waals surface area (Å²) in [6, 6.07) is 18.1. The lowest BCUT2D eigenvalue weighted by Crippen LogP contribution is -2.39. The van der Waals surface area contributed by atoms with E-state index in [9.17, 15) is 13.2 Å². The number of benzene rings is 3. The van der Waals surface area contributed by atoms with Gasteiger partial charge in [0.15, 0.2) is 11.5 Å². The fourth-order valence-electron chi connectivity index (χ4n) is 3.04. The lowest BCUT2D eigenvalue weighted by atomic mass is 10.2. The number of carbonyl (C=O) groups excluding carboxylic acids is 1. The summed E-state index contributed by atoms with van der Waals surface area (Å²) in [4.78, 5) is 12.7. The molecular formula is C22H17Br2N3O5S. The number of hydrogen-bond acceptors (Lipinski definition) is 6. The Labute approximate surface area is 207 Å². The number of rotatable bonds is 7. The number of nitrogens with one attached hydrogen (secondary N) is 1. The Morgan fingerprint density at radius 3 is 2.48 bits per heavy atom. The van der Waals surface area contributed by atoms with Crippen LogP contribution in [-0.2, 0) is 14.8 Å². The predicted molar refractivity (Wildman–Crippen MR) is 131 cm³/mol. The highest BCUT2D eigenvalue weighted by atomic mass is 79.9. The number of hydrazone groups is 1. The van der Waals surface area contributed by atoms with Crippen molar-refractivity contribution < 1.29 is 22.7 Å². The number of sulfonamides is 1. The van der Waals surface area contributed by atoms with Gasteiger partial charge in [0.2, 0.25) is 6.79 Å². The summed E-state index contributed by atoms with van der Waals surface area (Å²) >= 11 is 6.76. The van der Waals surface area contributed by atoms with Crippen molar-refractivity contribution in [2.75, 3.05) is 17.6 Å². The fraction of sp³-hybridized carbons (Fsp3) is 0.0909. The molecule has 1 amide bonds. The van der Waals surface area contributed by atoms with Crippen LogP contribution in [0.25, 0.3) is 0 Å². The summed E-state index contributed by atoms with van der Waals surface area (Å²) in [7, 11) is -3.99. The molecule has 33 heavy (non-hydrogen) atoms. The van der Waals surface area contributed by atoms with Crippen LogP contribution in [0.5, 0.6) is 11.5 Å². The number of ether oxygens (including phenoxy) is 2. The number of halogens is 2. The van der Waals surface area contributed by atoms with E-state index in [0.717, 1.165) is 4.31 Å².